The number of nitrogens with two attached hydrogens (primary N) is 1. The summed E-state index contributed by atoms with van der Waals surface area (Å²) in [6, 6.07) is 14.8. The van der Waals surface area contributed by atoms with Crippen molar-refractivity contribution in [3.05, 3.63) is 59.2 Å². The molecular weight excluding hydrogens is 328 g/mol. The zero-order chi connectivity index (χ0) is 17.9. The van der Waals surface area contributed by atoms with E-state index in [1.165, 1.54) is 11.1 Å². The van der Waals surface area contributed by atoms with Crippen molar-refractivity contribution in [3.63, 3.8) is 0 Å². The molecule has 1 aliphatic heterocycles. The second kappa shape index (κ2) is 7.17. The molecule has 0 radical (unpaired) electrons. The molecule has 134 valence electrons. The molecule has 2 aliphatic rings. The number of hydrogen-bond donors (Lipinski definition) is 3. The number of aliphatic imine (C=N–C) groups is 1. The van der Waals surface area contributed by atoms with Crippen molar-refractivity contribution < 1.29 is 9.53 Å². The Hall–Kier alpha value is -2.86. The highest BCUT2D eigenvalue weighted by Crippen LogP contribution is 2.33. The minimum atomic E-state index is -0.215. The monoisotopic (exact) mass is 350 g/mol. The molecule has 1 atom stereocenters. The molecule has 0 saturated heterocycles. The van der Waals surface area contributed by atoms with Crippen molar-refractivity contribution in [1.29, 1.82) is 0 Å². The molecule has 1 amide bonds. The maximum atomic E-state index is 11.4. The first kappa shape index (κ1) is 16.6. The van der Waals surface area contributed by atoms with Gasteiger partial charge in [0.25, 0.3) is 6.02 Å². The van der Waals surface area contributed by atoms with Gasteiger partial charge < -0.3 is 21.1 Å². The molecule has 0 fully saturated rings. The van der Waals surface area contributed by atoms with Crippen LogP contribution in [0.25, 0.3) is 0 Å². The lowest BCUT2D eigenvalue weighted by molar-refractivity contribution is -0.114. The molecule has 0 bridgehead atoms. The molecule has 2 aromatic rings. The fourth-order valence-electron chi connectivity index (χ4n) is 3.50. The van der Waals surface area contributed by atoms with E-state index in [-0.39, 0.29) is 18.5 Å². The Labute approximate surface area is 152 Å². The predicted molar refractivity (Wildman–Crippen MR) is 102 cm³/mol. The Kier molecular flexibility index (Phi) is 4.58. The second-order valence-electron chi connectivity index (χ2n) is 6.58. The normalized spacial score (nSPS) is 19.7. The summed E-state index contributed by atoms with van der Waals surface area (Å²) in [6.07, 6.45) is 3.29. The van der Waals surface area contributed by atoms with Crippen molar-refractivity contribution in [2.45, 2.75) is 31.9 Å². The van der Waals surface area contributed by atoms with E-state index in [9.17, 15) is 4.79 Å². The van der Waals surface area contributed by atoms with E-state index in [1.54, 1.807) is 0 Å². The molecule has 26 heavy (non-hydrogen) atoms. The van der Waals surface area contributed by atoms with Gasteiger partial charge in [0.1, 0.15) is 6.61 Å². The molecule has 1 unspecified atom stereocenters. The largest absolute Gasteiger partial charge is 0.460 e. The van der Waals surface area contributed by atoms with Crippen LogP contribution in [0.5, 0.6) is 0 Å². The first-order valence-electron chi connectivity index (χ1n) is 8.91. The molecule has 0 saturated carbocycles. The molecule has 4 N–H and O–H groups in total. The van der Waals surface area contributed by atoms with E-state index in [4.69, 9.17) is 15.5 Å². The van der Waals surface area contributed by atoms with Gasteiger partial charge in [0.05, 0.1) is 12.6 Å². The Morgan fingerprint density at radius 3 is 3.04 bits per heavy atom. The highest BCUT2D eigenvalue weighted by molar-refractivity contribution is 5.94. The van der Waals surface area contributed by atoms with Gasteiger partial charge in [-0.3, -0.25) is 4.79 Å². The average Bonchev–Trinajstić information content (AvgIpc) is 2.68. The zero-order valence-corrected chi connectivity index (χ0v) is 14.5. The van der Waals surface area contributed by atoms with Crippen molar-refractivity contribution in [1.82, 2.24) is 0 Å². The molecular formula is C20H22N4O2. The number of amidine groups is 1. The summed E-state index contributed by atoms with van der Waals surface area (Å²) in [7, 11) is 0. The fourth-order valence-corrected chi connectivity index (χ4v) is 3.50. The maximum absolute atomic E-state index is 11.4. The number of benzene rings is 2. The van der Waals surface area contributed by atoms with Crippen LogP contribution >= 0.6 is 0 Å². The smallest absolute Gasteiger partial charge is 0.290 e. The van der Waals surface area contributed by atoms with Gasteiger partial charge in [-0.25, -0.2) is 4.99 Å². The number of nitrogens with zero attached hydrogens (tertiary/aromatic N) is 1. The number of nitrogens with one attached hydrogen (secondary N) is 2. The third kappa shape index (κ3) is 3.41. The zero-order valence-electron chi connectivity index (χ0n) is 14.5. The van der Waals surface area contributed by atoms with E-state index in [0.29, 0.717) is 18.3 Å². The minimum absolute atomic E-state index is 0.0362. The number of aryl methyl sites for hydroxylation is 1. The lowest BCUT2D eigenvalue weighted by Crippen LogP contribution is -2.25. The second-order valence-corrected chi connectivity index (χ2v) is 6.58. The topological polar surface area (TPSA) is 88.7 Å². The van der Waals surface area contributed by atoms with Crippen LogP contribution in [0.3, 0.4) is 0 Å². The van der Waals surface area contributed by atoms with Crippen LogP contribution in [0.4, 0.5) is 11.4 Å². The molecule has 1 heterocycles. The molecule has 6 nitrogen and oxygen atoms in total. The Balaban J connectivity index is 1.52. The van der Waals surface area contributed by atoms with Gasteiger partial charge >= 0.3 is 0 Å². The number of amides is 1. The first-order chi connectivity index (χ1) is 12.7. The summed E-state index contributed by atoms with van der Waals surface area (Å²) in [6.45, 7) is 0.382. The lowest BCUT2D eigenvalue weighted by atomic mass is 9.88. The summed E-state index contributed by atoms with van der Waals surface area (Å²) in [5.74, 6) is -0.215. The van der Waals surface area contributed by atoms with Crippen LogP contribution in [0.1, 0.15) is 35.6 Å². The summed E-state index contributed by atoms with van der Waals surface area (Å²) in [5, 5.41) is 6.01. The summed E-state index contributed by atoms with van der Waals surface area (Å²) < 4.78 is 5.81. The van der Waals surface area contributed by atoms with E-state index >= 15 is 0 Å². The lowest BCUT2D eigenvalue weighted by Gasteiger charge is -2.26. The van der Waals surface area contributed by atoms with Crippen molar-refractivity contribution in [2.75, 3.05) is 17.2 Å². The standard InChI is InChI=1S/C20H22N4O2/c21-11-19(25)22-15-8-9-17-14(10-15)12-26-20(23-17)24-18-7-3-5-13-4-1-2-6-16(13)18/h1-2,4,6,8-10,18H,3,5,7,11-12,21H2,(H,22,25)(H,23,24). The summed E-state index contributed by atoms with van der Waals surface area (Å²) in [5.41, 5.74) is 10.6. The van der Waals surface area contributed by atoms with E-state index in [1.807, 2.05) is 18.2 Å². The van der Waals surface area contributed by atoms with Crippen molar-refractivity contribution in [3.8, 4) is 0 Å². The molecule has 6 heteroatoms. The Morgan fingerprint density at radius 2 is 2.15 bits per heavy atom. The van der Waals surface area contributed by atoms with Gasteiger partial charge in [0.15, 0.2) is 0 Å². The highest BCUT2D eigenvalue weighted by atomic mass is 16.5. The van der Waals surface area contributed by atoms with Crippen LogP contribution in [0.2, 0.25) is 0 Å². The van der Waals surface area contributed by atoms with Gasteiger partial charge in [-0.2, -0.15) is 0 Å². The molecule has 0 aromatic heterocycles. The third-order valence-corrected chi connectivity index (χ3v) is 4.79. The fraction of sp³-hybridized carbons (Fsp3) is 0.300. The number of hydrogen-bond acceptors (Lipinski definition) is 4. The summed E-state index contributed by atoms with van der Waals surface area (Å²) in [4.78, 5) is 16.2. The van der Waals surface area contributed by atoms with Crippen molar-refractivity contribution in [2.24, 2.45) is 10.7 Å². The van der Waals surface area contributed by atoms with Crippen LogP contribution in [0, 0.1) is 0 Å². The maximum Gasteiger partial charge on any atom is 0.290 e. The SMILES string of the molecule is NCC(=O)Nc1ccc2c(c1)COC(=NC1CCCc3ccccc31)N2. The third-order valence-electron chi connectivity index (χ3n) is 4.79. The van der Waals surface area contributed by atoms with Crippen LogP contribution in [-0.4, -0.2) is 18.5 Å². The number of ether oxygens (including phenoxy) is 1. The van der Waals surface area contributed by atoms with Crippen LogP contribution in [-0.2, 0) is 22.6 Å². The van der Waals surface area contributed by atoms with Gasteiger partial charge in [-0.15, -0.1) is 0 Å². The van der Waals surface area contributed by atoms with Gasteiger partial charge in [-0.1, -0.05) is 24.3 Å². The highest BCUT2D eigenvalue weighted by Gasteiger charge is 2.22. The Bertz CT molecular complexity index is 863. The molecule has 1 aliphatic carbocycles. The predicted octanol–water partition coefficient (Wildman–Crippen LogP) is 2.96. The van der Waals surface area contributed by atoms with Crippen molar-refractivity contribution >= 4 is 23.3 Å². The van der Waals surface area contributed by atoms with Gasteiger partial charge in [0.2, 0.25) is 5.91 Å². The molecule has 0 spiro atoms. The quantitative estimate of drug-likeness (QED) is 0.794. The first-order valence-corrected chi connectivity index (χ1v) is 8.91. The number of carbonyl (C=O) groups is 1. The van der Waals surface area contributed by atoms with E-state index < -0.39 is 0 Å². The molecule has 4 rings (SSSR count). The number of rotatable bonds is 3. The molecule has 2 aromatic carbocycles. The number of fused-ring (bicyclic) bond motifs is 2. The summed E-state index contributed by atoms with van der Waals surface area (Å²) >= 11 is 0. The number of carbonyl (C=O) groups excluding carboxylic acids is 1. The van der Waals surface area contributed by atoms with Gasteiger partial charge in [-0.05, 0) is 48.6 Å². The average molecular weight is 350 g/mol. The Morgan fingerprint density at radius 1 is 1.27 bits per heavy atom. The van der Waals surface area contributed by atoms with Crippen LogP contribution in [0.15, 0.2) is 47.5 Å². The van der Waals surface area contributed by atoms with Gasteiger partial charge in [0, 0.05) is 16.9 Å². The number of anilines is 2. The van der Waals surface area contributed by atoms with E-state index in [0.717, 1.165) is 30.5 Å². The minimum Gasteiger partial charge on any atom is -0.460 e. The van der Waals surface area contributed by atoms with E-state index in [2.05, 4.69) is 34.9 Å². The van der Waals surface area contributed by atoms with Crippen LogP contribution < -0.4 is 16.4 Å².